The lowest BCUT2D eigenvalue weighted by atomic mass is 9.96. The number of carboxylic acid groups (broad SMARTS) is 1. The lowest BCUT2D eigenvalue weighted by Crippen LogP contribution is -2.04. The first-order valence-corrected chi connectivity index (χ1v) is 4.25. The Hall–Kier alpha value is -1.32. The van der Waals surface area contributed by atoms with E-state index in [4.69, 9.17) is 5.11 Å². The van der Waals surface area contributed by atoms with E-state index in [1.54, 1.807) is 0 Å². The van der Waals surface area contributed by atoms with Crippen LogP contribution in [0.3, 0.4) is 0 Å². The number of carboxylic acids is 1. The molecule has 0 aliphatic heterocycles. The van der Waals surface area contributed by atoms with Crippen LogP contribution < -0.4 is 0 Å². The molecule has 0 aliphatic carbocycles. The molecule has 1 aromatic heterocycles. The second-order valence-electron chi connectivity index (χ2n) is 3.35. The lowest BCUT2D eigenvalue weighted by Gasteiger charge is -2.08. The minimum absolute atomic E-state index is 0.0243. The molecular formula is C9H14N2O2. The van der Waals surface area contributed by atoms with Crippen LogP contribution in [0.2, 0.25) is 0 Å². The van der Waals surface area contributed by atoms with Gasteiger partial charge in [-0.3, -0.25) is 9.89 Å². The van der Waals surface area contributed by atoms with Crippen molar-refractivity contribution < 1.29 is 9.90 Å². The Morgan fingerprint density at radius 1 is 1.62 bits per heavy atom. The Bertz CT molecular complexity index is 298. The van der Waals surface area contributed by atoms with Gasteiger partial charge >= 0.3 is 5.97 Å². The Kier molecular flexibility index (Phi) is 2.70. The number of aliphatic carboxylic acids is 1. The van der Waals surface area contributed by atoms with Crippen LogP contribution >= 0.6 is 0 Å². The van der Waals surface area contributed by atoms with Crippen LogP contribution in [-0.4, -0.2) is 21.3 Å². The van der Waals surface area contributed by atoms with E-state index in [9.17, 15) is 4.79 Å². The van der Waals surface area contributed by atoms with E-state index in [0.717, 1.165) is 17.0 Å². The van der Waals surface area contributed by atoms with E-state index in [1.165, 1.54) is 0 Å². The van der Waals surface area contributed by atoms with Crippen LogP contribution in [0.15, 0.2) is 0 Å². The number of aryl methyl sites for hydroxylation is 2. The number of H-pyrrole nitrogens is 1. The van der Waals surface area contributed by atoms with Crippen molar-refractivity contribution >= 4 is 5.97 Å². The summed E-state index contributed by atoms with van der Waals surface area (Å²) in [7, 11) is 0. The first kappa shape index (κ1) is 9.77. The largest absolute Gasteiger partial charge is 0.481 e. The zero-order chi connectivity index (χ0) is 10.0. The van der Waals surface area contributed by atoms with E-state index in [2.05, 4.69) is 10.2 Å². The number of aromatic nitrogens is 2. The summed E-state index contributed by atoms with van der Waals surface area (Å²) in [5.41, 5.74) is 2.89. The summed E-state index contributed by atoms with van der Waals surface area (Å²) < 4.78 is 0. The van der Waals surface area contributed by atoms with Crippen LogP contribution in [0.5, 0.6) is 0 Å². The molecule has 1 aromatic rings. The summed E-state index contributed by atoms with van der Waals surface area (Å²) in [6.07, 6.45) is 0.154. The molecule has 1 rings (SSSR count). The van der Waals surface area contributed by atoms with Crippen molar-refractivity contribution in [2.45, 2.75) is 33.1 Å². The van der Waals surface area contributed by atoms with Gasteiger partial charge in [0.25, 0.3) is 0 Å². The van der Waals surface area contributed by atoms with Crippen molar-refractivity contribution in [2.75, 3.05) is 0 Å². The fourth-order valence-electron chi connectivity index (χ4n) is 1.65. The predicted molar refractivity (Wildman–Crippen MR) is 48.7 cm³/mol. The van der Waals surface area contributed by atoms with Gasteiger partial charge < -0.3 is 5.11 Å². The monoisotopic (exact) mass is 182 g/mol. The smallest absolute Gasteiger partial charge is 0.303 e. The van der Waals surface area contributed by atoms with Gasteiger partial charge in [-0.1, -0.05) is 6.92 Å². The molecule has 0 aromatic carbocycles. The highest BCUT2D eigenvalue weighted by Gasteiger charge is 2.16. The van der Waals surface area contributed by atoms with Crippen LogP contribution in [0.1, 0.15) is 36.2 Å². The summed E-state index contributed by atoms with van der Waals surface area (Å²) >= 11 is 0. The average molecular weight is 182 g/mol. The van der Waals surface area contributed by atoms with Crippen molar-refractivity contribution in [3.05, 3.63) is 17.0 Å². The van der Waals surface area contributed by atoms with Gasteiger partial charge in [0.15, 0.2) is 0 Å². The molecule has 0 bridgehead atoms. The highest BCUT2D eigenvalue weighted by Crippen LogP contribution is 2.23. The summed E-state index contributed by atoms with van der Waals surface area (Å²) in [5.74, 6) is -0.747. The molecule has 0 aliphatic rings. The van der Waals surface area contributed by atoms with Crippen molar-refractivity contribution in [2.24, 2.45) is 0 Å². The van der Waals surface area contributed by atoms with Gasteiger partial charge in [0, 0.05) is 5.69 Å². The number of nitrogens with zero attached hydrogens (tertiary/aromatic N) is 1. The third-order valence-electron chi connectivity index (χ3n) is 2.16. The van der Waals surface area contributed by atoms with Gasteiger partial charge in [-0.05, 0) is 25.3 Å². The maximum Gasteiger partial charge on any atom is 0.303 e. The molecule has 2 N–H and O–H groups in total. The summed E-state index contributed by atoms with van der Waals surface area (Å²) in [4.78, 5) is 10.5. The highest BCUT2D eigenvalue weighted by molar-refractivity contribution is 5.68. The van der Waals surface area contributed by atoms with Gasteiger partial charge in [-0.2, -0.15) is 5.10 Å². The fraction of sp³-hybridized carbons (Fsp3) is 0.556. The minimum atomic E-state index is -0.771. The number of hydrogen-bond donors (Lipinski definition) is 2. The summed E-state index contributed by atoms with van der Waals surface area (Å²) in [6.45, 7) is 5.70. The molecule has 0 spiro atoms. The molecule has 0 saturated heterocycles. The molecule has 0 amide bonds. The van der Waals surface area contributed by atoms with Crippen LogP contribution in [0.25, 0.3) is 0 Å². The van der Waals surface area contributed by atoms with Gasteiger partial charge in [0.2, 0.25) is 0 Å². The van der Waals surface area contributed by atoms with Crippen LogP contribution in [0, 0.1) is 13.8 Å². The predicted octanol–water partition coefficient (Wildman–Crippen LogP) is 1.60. The average Bonchev–Trinajstić information content (AvgIpc) is 2.29. The number of rotatable bonds is 3. The Morgan fingerprint density at radius 3 is 2.62 bits per heavy atom. The fourth-order valence-corrected chi connectivity index (χ4v) is 1.65. The third-order valence-corrected chi connectivity index (χ3v) is 2.16. The minimum Gasteiger partial charge on any atom is -0.481 e. The van der Waals surface area contributed by atoms with E-state index in [1.807, 2.05) is 20.8 Å². The van der Waals surface area contributed by atoms with Crippen LogP contribution in [0.4, 0.5) is 0 Å². The molecule has 72 valence electrons. The summed E-state index contributed by atoms with van der Waals surface area (Å²) in [5, 5.41) is 15.5. The lowest BCUT2D eigenvalue weighted by molar-refractivity contribution is -0.137. The van der Waals surface area contributed by atoms with E-state index in [0.29, 0.717) is 0 Å². The molecule has 4 nitrogen and oxygen atoms in total. The highest BCUT2D eigenvalue weighted by atomic mass is 16.4. The molecule has 1 atom stereocenters. The van der Waals surface area contributed by atoms with Crippen molar-refractivity contribution in [1.29, 1.82) is 0 Å². The van der Waals surface area contributed by atoms with Gasteiger partial charge in [-0.15, -0.1) is 0 Å². The topological polar surface area (TPSA) is 66.0 Å². The van der Waals surface area contributed by atoms with E-state index >= 15 is 0 Å². The number of nitrogens with one attached hydrogen (secondary N) is 1. The molecule has 0 unspecified atom stereocenters. The molecule has 1 heterocycles. The Labute approximate surface area is 77.0 Å². The quantitative estimate of drug-likeness (QED) is 0.746. The Morgan fingerprint density at radius 2 is 2.23 bits per heavy atom. The van der Waals surface area contributed by atoms with Gasteiger partial charge in [0.1, 0.15) is 0 Å². The van der Waals surface area contributed by atoms with Gasteiger partial charge in [-0.25, -0.2) is 0 Å². The van der Waals surface area contributed by atoms with Gasteiger partial charge in [0.05, 0.1) is 12.1 Å². The maximum atomic E-state index is 10.5. The normalized spacial score (nSPS) is 12.8. The second kappa shape index (κ2) is 3.60. The summed E-state index contributed by atoms with van der Waals surface area (Å²) in [6, 6.07) is 0. The molecule has 0 radical (unpaired) electrons. The molecule has 0 fully saturated rings. The molecular weight excluding hydrogens is 168 g/mol. The zero-order valence-electron chi connectivity index (χ0n) is 8.09. The van der Waals surface area contributed by atoms with Crippen LogP contribution in [-0.2, 0) is 4.79 Å². The number of carbonyl (C=O) groups is 1. The molecule has 13 heavy (non-hydrogen) atoms. The Balaban J connectivity index is 2.87. The standard InChI is InChI=1S/C9H14N2O2/c1-5(4-8(12)13)9-6(2)10-11-7(9)3/h5H,4H2,1-3H3,(H,10,11)(H,12,13)/t5-/m1/s1. The zero-order valence-corrected chi connectivity index (χ0v) is 8.09. The maximum absolute atomic E-state index is 10.5. The number of hydrogen-bond acceptors (Lipinski definition) is 2. The second-order valence-corrected chi connectivity index (χ2v) is 3.35. The van der Waals surface area contributed by atoms with Crippen molar-refractivity contribution in [1.82, 2.24) is 10.2 Å². The van der Waals surface area contributed by atoms with Crippen molar-refractivity contribution in [3.8, 4) is 0 Å². The van der Waals surface area contributed by atoms with E-state index < -0.39 is 5.97 Å². The molecule has 0 saturated carbocycles. The van der Waals surface area contributed by atoms with E-state index in [-0.39, 0.29) is 12.3 Å². The molecule has 4 heteroatoms. The SMILES string of the molecule is Cc1n[nH]c(C)c1[C@H](C)CC(=O)O. The first-order chi connectivity index (χ1) is 6.02. The van der Waals surface area contributed by atoms with Crippen molar-refractivity contribution in [3.63, 3.8) is 0 Å². The third kappa shape index (κ3) is 2.08. The first-order valence-electron chi connectivity index (χ1n) is 4.25. The number of aromatic amines is 1.